The summed E-state index contributed by atoms with van der Waals surface area (Å²) in [5, 5.41) is 4.01. The van der Waals surface area contributed by atoms with Crippen LogP contribution < -0.4 is 16.2 Å². The van der Waals surface area contributed by atoms with Crippen LogP contribution in [0, 0.1) is 13.8 Å². The van der Waals surface area contributed by atoms with Gasteiger partial charge in [-0.3, -0.25) is 20.4 Å². The molecule has 0 aliphatic rings. The van der Waals surface area contributed by atoms with Gasteiger partial charge in [-0.15, -0.1) is 0 Å². The Morgan fingerprint density at radius 1 is 1.07 bits per heavy atom. The first kappa shape index (κ1) is 20.2. The minimum atomic E-state index is -0.419. The number of carbonyl (C=O) groups is 2. The van der Waals surface area contributed by atoms with E-state index < -0.39 is 5.91 Å². The Morgan fingerprint density at radius 2 is 1.86 bits per heavy atom. The number of amides is 2. The Bertz CT molecular complexity index is 1070. The zero-order valence-electron chi connectivity index (χ0n) is 16.8. The van der Waals surface area contributed by atoms with Crippen molar-refractivity contribution in [3.8, 4) is 0 Å². The third kappa shape index (κ3) is 5.04. The first-order chi connectivity index (χ1) is 14.0. The van der Waals surface area contributed by atoms with Crippen molar-refractivity contribution >= 4 is 34.5 Å². The monoisotopic (exact) mass is 391 g/mol. The Morgan fingerprint density at radius 3 is 2.62 bits per heavy atom. The summed E-state index contributed by atoms with van der Waals surface area (Å²) >= 11 is 0. The van der Waals surface area contributed by atoms with Gasteiger partial charge in [0, 0.05) is 29.1 Å². The summed E-state index contributed by atoms with van der Waals surface area (Å²) in [6.07, 6.45) is 3.81. The molecule has 0 spiro atoms. The molecule has 1 heterocycles. The number of hydrogen-bond donors (Lipinski definition) is 3. The molecule has 0 unspecified atom stereocenters. The lowest BCUT2D eigenvalue weighted by atomic mass is 10.1. The summed E-state index contributed by atoms with van der Waals surface area (Å²) in [6, 6.07) is 13.6. The molecule has 0 aliphatic heterocycles. The molecule has 0 bridgehead atoms. The third-order valence-corrected chi connectivity index (χ3v) is 4.58. The van der Waals surface area contributed by atoms with E-state index in [0.29, 0.717) is 0 Å². The summed E-state index contributed by atoms with van der Waals surface area (Å²) in [4.78, 5) is 24.1. The van der Waals surface area contributed by atoms with Gasteiger partial charge in [0.1, 0.15) is 11.3 Å². The van der Waals surface area contributed by atoms with Crippen molar-refractivity contribution < 1.29 is 14.0 Å². The molecule has 3 rings (SSSR count). The highest BCUT2D eigenvalue weighted by Gasteiger charge is 2.10. The first-order valence-electron chi connectivity index (χ1n) is 9.56. The highest BCUT2D eigenvalue weighted by molar-refractivity contribution is 5.97. The van der Waals surface area contributed by atoms with Gasteiger partial charge in [0.2, 0.25) is 0 Å². The summed E-state index contributed by atoms with van der Waals surface area (Å²) < 4.78 is 5.81. The molecule has 2 amide bonds. The largest absolute Gasteiger partial charge is 0.460 e. The number of anilines is 1. The minimum Gasteiger partial charge on any atom is -0.460 e. The van der Waals surface area contributed by atoms with Crippen molar-refractivity contribution in [1.82, 2.24) is 10.9 Å². The highest BCUT2D eigenvalue weighted by atomic mass is 16.3. The summed E-state index contributed by atoms with van der Waals surface area (Å²) in [5.74, 6) is 0.0592. The van der Waals surface area contributed by atoms with E-state index in [1.165, 1.54) is 6.08 Å². The molecule has 2 aromatic carbocycles. The molecular weight excluding hydrogens is 366 g/mol. The number of nitrogens with one attached hydrogen (secondary N) is 3. The first-order valence-corrected chi connectivity index (χ1v) is 9.56. The van der Waals surface area contributed by atoms with Gasteiger partial charge in [0.25, 0.3) is 11.8 Å². The van der Waals surface area contributed by atoms with Crippen LogP contribution in [0.4, 0.5) is 5.69 Å². The molecule has 0 atom stereocenters. The third-order valence-electron chi connectivity index (χ3n) is 4.58. The lowest BCUT2D eigenvalue weighted by molar-refractivity contribution is -0.125. The van der Waals surface area contributed by atoms with Crippen LogP contribution in [0.1, 0.15) is 29.4 Å². The molecule has 0 saturated heterocycles. The van der Waals surface area contributed by atoms with Crippen molar-refractivity contribution in [3.05, 3.63) is 71.0 Å². The number of hydrogen-bond acceptors (Lipinski definition) is 4. The van der Waals surface area contributed by atoms with E-state index >= 15 is 0 Å². The van der Waals surface area contributed by atoms with Crippen LogP contribution >= 0.6 is 0 Å². The molecule has 0 fully saturated rings. The van der Waals surface area contributed by atoms with Crippen molar-refractivity contribution in [2.45, 2.75) is 27.2 Å². The molecule has 1 aromatic heterocycles. The molecule has 29 heavy (non-hydrogen) atoms. The van der Waals surface area contributed by atoms with Gasteiger partial charge >= 0.3 is 0 Å². The van der Waals surface area contributed by atoms with E-state index in [4.69, 9.17) is 4.42 Å². The van der Waals surface area contributed by atoms with Crippen LogP contribution in [-0.4, -0.2) is 18.4 Å². The second-order valence-electron chi connectivity index (χ2n) is 6.83. The summed E-state index contributed by atoms with van der Waals surface area (Å²) in [5.41, 5.74) is 9.57. The van der Waals surface area contributed by atoms with E-state index in [2.05, 4.69) is 16.2 Å². The van der Waals surface area contributed by atoms with Crippen molar-refractivity contribution in [2.75, 3.05) is 11.9 Å². The molecule has 0 radical (unpaired) electrons. The van der Waals surface area contributed by atoms with Gasteiger partial charge in [-0.25, -0.2) is 0 Å². The van der Waals surface area contributed by atoms with Crippen LogP contribution in [0.15, 0.2) is 53.0 Å². The Hall–Kier alpha value is -3.54. The van der Waals surface area contributed by atoms with Gasteiger partial charge < -0.3 is 9.73 Å². The number of aryl methyl sites for hydroxylation is 3. The van der Waals surface area contributed by atoms with Gasteiger partial charge in [-0.1, -0.05) is 42.8 Å². The number of benzene rings is 2. The van der Waals surface area contributed by atoms with Gasteiger partial charge in [0.15, 0.2) is 0 Å². The second kappa shape index (κ2) is 9.10. The van der Waals surface area contributed by atoms with Crippen LogP contribution in [-0.2, 0) is 16.0 Å². The van der Waals surface area contributed by atoms with Gasteiger partial charge in [0.05, 0.1) is 6.54 Å². The molecule has 0 aliphatic carbocycles. The fourth-order valence-corrected chi connectivity index (χ4v) is 3.13. The Labute approximate surface area is 170 Å². The molecule has 0 saturated carbocycles. The zero-order chi connectivity index (χ0) is 20.8. The Balaban J connectivity index is 1.54. The van der Waals surface area contributed by atoms with Crippen molar-refractivity contribution in [2.24, 2.45) is 0 Å². The number of furan rings is 1. The highest BCUT2D eigenvalue weighted by Crippen LogP contribution is 2.27. The number of rotatable bonds is 6. The van der Waals surface area contributed by atoms with E-state index in [0.717, 1.165) is 45.5 Å². The zero-order valence-corrected chi connectivity index (χ0v) is 16.8. The number of para-hydroxylation sites is 1. The lowest BCUT2D eigenvalue weighted by Crippen LogP contribution is -2.43. The van der Waals surface area contributed by atoms with Crippen LogP contribution in [0.3, 0.4) is 0 Å². The maximum atomic E-state index is 12.1. The van der Waals surface area contributed by atoms with Crippen LogP contribution in [0.2, 0.25) is 0 Å². The molecule has 6 heteroatoms. The van der Waals surface area contributed by atoms with E-state index in [-0.39, 0.29) is 12.5 Å². The summed E-state index contributed by atoms with van der Waals surface area (Å²) in [7, 11) is 0. The average molecular weight is 391 g/mol. The average Bonchev–Trinajstić information content (AvgIpc) is 3.07. The van der Waals surface area contributed by atoms with Crippen LogP contribution in [0.5, 0.6) is 0 Å². The topological polar surface area (TPSA) is 83.4 Å². The fourth-order valence-electron chi connectivity index (χ4n) is 3.13. The van der Waals surface area contributed by atoms with Crippen molar-refractivity contribution in [3.63, 3.8) is 0 Å². The fraction of sp³-hybridized carbons (Fsp3) is 0.217. The smallest absolute Gasteiger partial charge is 0.262 e. The van der Waals surface area contributed by atoms with E-state index in [9.17, 15) is 9.59 Å². The number of carbonyl (C=O) groups excluding carboxylic acids is 2. The molecular formula is C23H25N3O3. The predicted molar refractivity (Wildman–Crippen MR) is 115 cm³/mol. The van der Waals surface area contributed by atoms with Crippen molar-refractivity contribution in [1.29, 1.82) is 0 Å². The maximum absolute atomic E-state index is 12.1. The maximum Gasteiger partial charge on any atom is 0.262 e. The second-order valence-corrected chi connectivity index (χ2v) is 6.83. The van der Waals surface area contributed by atoms with E-state index in [1.54, 1.807) is 6.08 Å². The molecule has 3 N–H and O–H groups in total. The Kier molecular flexibility index (Phi) is 6.34. The van der Waals surface area contributed by atoms with Gasteiger partial charge in [-0.05, 0) is 37.6 Å². The number of fused-ring (bicyclic) bond motifs is 1. The van der Waals surface area contributed by atoms with E-state index in [1.807, 2.05) is 63.2 Å². The summed E-state index contributed by atoms with van der Waals surface area (Å²) in [6.45, 7) is 6.05. The van der Waals surface area contributed by atoms with Gasteiger partial charge in [-0.2, -0.15) is 0 Å². The molecule has 6 nitrogen and oxygen atoms in total. The molecule has 150 valence electrons. The quantitative estimate of drug-likeness (QED) is 0.440. The lowest BCUT2D eigenvalue weighted by Gasteiger charge is -2.10. The standard InChI is InChI=1S/C23H25N3O3/c1-4-20-18(17-7-5-6-8-21(17)29-20)10-12-22(27)25-26-23(28)14-24-19-11-9-15(2)13-16(19)3/h5-13,24H,4,14H2,1-3H3,(H,25,27)(H,26,28)/b12-10+. The van der Waals surface area contributed by atoms with Crippen LogP contribution in [0.25, 0.3) is 17.0 Å². The predicted octanol–water partition coefficient (Wildman–Crippen LogP) is 3.88. The normalized spacial score (nSPS) is 11.0. The minimum absolute atomic E-state index is 0.0558. The molecule has 3 aromatic rings. The SMILES string of the molecule is CCc1oc2ccccc2c1/C=C/C(=O)NNC(=O)CNc1ccc(C)cc1C. The number of hydrazine groups is 1.